The number of pyridine rings is 1. The quantitative estimate of drug-likeness (QED) is 0.870. The number of benzene rings is 1. The van der Waals surface area contributed by atoms with E-state index in [1.807, 2.05) is 36.4 Å². The van der Waals surface area contributed by atoms with E-state index in [9.17, 15) is 0 Å². The van der Waals surface area contributed by atoms with Crippen LogP contribution >= 0.6 is 11.6 Å². The van der Waals surface area contributed by atoms with Crippen LogP contribution in [-0.4, -0.2) is 4.98 Å². The van der Waals surface area contributed by atoms with E-state index in [4.69, 9.17) is 11.6 Å². The number of rotatable bonds is 2. The fourth-order valence-corrected chi connectivity index (χ4v) is 1.91. The second kappa shape index (κ2) is 4.14. The van der Waals surface area contributed by atoms with Gasteiger partial charge < -0.3 is 5.32 Å². The number of azo groups is 1. The highest BCUT2D eigenvalue weighted by atomic mass is 35.5. The Labute approximate surface area is 103 Å². The molecule has 5 heteroatoms. The van der Waals surface area contributed by atoms with Crippen LogP contribution in [0.1, 0.15) is 11.7 Å². The summed E-state index contributed by atoms with van der Waals surface area (Å²) in [6.07, 6.45) is 1.52. The van der Waals surface area contributed by atoms with Crippen LogP contribution in [0.2, 0.25) is 5.02 Å². The van der Waals surface area contributed by atoms with Gasteiger partial charge in [0.15, 0.2) is 12.0 Å². The minimum Gasteiger partial charge on any atom is -0.358 e. The Balaban J connectivity index is 1.87. The van der Waals surface area contributed by atoms with Crippen molar-refractivity contribution in [2.24, 2.45) is 10.2 Å². The minimum absolute atomic E-state index is 0.183. The largest absolute Gasteiger partial charge is 0.358 e. The summed E-state index contributed by atoms with van der Waals surface area (Å²) in [5, 5.41) is 12.1. The van der Waals surface area contributed by atoms with Gasteiger partial charge in [-0.15, -0.1) is 5.11 Å². The second-order valence-corrected chi connectivity index (χ2v) is 4.13. The first kappa shape index (κ1) is 10.2. The summed E-state index contributed by atoms with van der Waals surface area (Å²) >= 11 is 5.92. The molecule has 1 aliphatic rings. The van der Waals surface area contributed by atoms with E-state index in [1.54, 1.807) is 6.20 Å². The molecule has 0 amide bonds. The highest BCUT2D eigenvalue weighted by molar-refractivity contribution is 6.30. The van der Waals surface area contributed by atoms with Crippen molar-refractivity contribution in [2.75, 3.05) is 5.32 Å². The van der Waals surface area contributed by atoms with Crippen molar-refractivity contribution in [3.05, 3.63) is 53.2 Å². The lowest BCUT2D eigenvalue weighted by molar-refractivity contribution is 0.829. The molecular weight excluding hydrogens is 236 g/mol. The number of aromatic nitrogens is 1. The first-order valence-electron chi connectivity index (χ1n) is 5.21. The first-order valence-corrected chi connectivity index (χ1v) is 5.58. The van der Waals surface area contributed by atoms with Crippen molar-refractivity contribution in [3.63, 3.8) is 0 Å². The monoisotopic (exact) mass is 244 g/mol. The predicted octanol–water partition coefficient (Wildman–Crippen LogP) is 3.94. The molecule has 2 heterocycles. The molecule has 0 unspecified atom stereocenters. The van der Waals surface area contributed by atoms with Gasteiger partial charge in [0.2, 0.25) is 0 Å². The number of nitrogens with one attached hydrogen (secondary N) is 1. The molecule has 17 heavy (non-hydrogen) atoms. The van der Waals surface area contributed by atoms with Crippen LogP contribution in [0.25, 0.3) is 0 Å². The molecule has 1 aliphatic heterocycles. The zero-order valence-electron chi connectivity index (χ0n) is 8.84. The van der Waals surface area contributed by atoms with Crippen molar-refractivity contribution in [2.45, 2.75) is 6.17 Å². The van der Waals surface area contributed by atoms with Crippen molar-refractivity contribution in [3.8, 4) is 0 Å². The maximum atomic E-state index is 5.92. The zero-order valence-corrected chi connectivity index (χ0v) is 9.59. The van der Waals surface area contributed by atoms with Crippen LogP contribution in [0.15, 0.2) is 52.8 Å². The molecule has 0 spiro atoms. The molecule has 0 saturated carbocycles. The van der Waals surface area contributed by atoms with E-state index >= 15 is 0 Å². The van der Waals surface area contributed by atoms with E-state index in [0.717, 1.165) is 11.3 Å². The predicted molar refractivity (Wildman–Crippen MR) is 66.6 cm³/mol. The summed E-state index contributed by atoms with van der Waals surface area (Å²) in [5.41, 5.74) is 1.89. The Morgan fingerprint density at radius 1 is 1.18 bits per heavy atom. The average Bonchev–Trinajstić information content (AvgIpc) is 2.73. The SMILES string of the molecule is Clc1cccc(N[C@@H]2N=Nc3ncccc32)c1. The zero-order chi connectivity index (χ0) is 11.7. The summed E-state index contributed by atoms with van der Waals surface area (Å²) in [7, 11) is 0. The molecule has 1 N–H and O–H groups in total. The number of anilines is 1. The van der Waals surface area contributed by atoms with Crippen LogP contribution in [0.4, 0.5) is 11.5 Å². The summed E-state index contributed by atoms with van der Waals surface area (Å²) < 4.78 is 0. The summed E-state index contributed by atoms with van der Waals surface area (Å²) in [4.78, 5) is 4.14. The molecule has 3 rings (SSSR count). The number of hydrogen-bond acceptors (Lipinski definition) is 4. The third-order valence-electron chi connectivity index (χ3n) is 2.51. The van der Waals surface area contributed by atoms with E-state index in [0.29, 0.717) is 10.8 Å². The number of halogens is 1. The molecule has 0 aliphatic carbocycles. The molecule has 2 aromatic rings. The Bertz CT molecular complexity index is 582. The Morgan fingerprint density at radius 3 is 3.00 bits per heavy atom. The fourth-order valence-electron chi connectivity index (χ4n) is 1.72. The molecule has 0 radical (unpaired) electrons. The molecule has 1 aromatic heterocycles. The topological polar surface area (TPSA) is 49.6 Å². The molecule has 0 fully saturated rings. The van der Waals surface area contributed by atoms with Gasteiger partial charge in [0.1, 0.15) is 0 Å². The molecule has 4 nitrogen and oxygen atoms in total. The van der Waals surface area contributed by atoms with E-state index in [1.165, 1.54) is 0 Å². The maximum Gasteiger partial charge on any atom is 0.181 e. The lowest BCUT2D eigenvalue weighted by atomic mass is 10.2. The lowest BCUT2D eigenvalue weighted by Gasteiger charge is -2.11. The standard InChI is InChI=1S/C12H9ClN4/c13-8-3-1-4-9(7-8)15-12-10-5-2-6-14-11(10)16-17-12/h1-7,12,15H/t12-/m1/s1. The summed E-state index contributed by atoms with van der Waals surface area (Å²) in [5.74, 6) is 0.673. The van der Waals surface area contributed by atoms with Crippen LogP contribution in [0.3, 0.4) is 0 Å². The lowest BCUT2D eigenvalue weighted by Crippen LogP contribution is -2.05. The van der Waals surface area contributed by atoms with E-state index in [-0.39, 0.29) is 6.17 Å². The van der Waals surface area contributed by atoms with Gasteiger partial charge in [0, 0.05) is 22.5 Å². The Morgan fingerprint density at radius 2 is 2.12 bits per heavy atom. The van der Waals surface area contributed by atoms with Crippen molar-refractivity contribution >= 4 is 23.1 Å². The van der Waals surface area contributed by atoms with Gasteiger partial charge in [-0.2, -0.15) is 5.11 Å². The van der Waals surface area contributed by atoms with Crippen LogP contribution in [-0.2, 0) is 0 Å². The molecule has 0 bridgehead atoms. The summed E-state index contributed by atoms with van der Waals surface area (Å²) in [6.45, 7) is 0. The first-order chi connectivity index (χ1) is 8.33. The molecular formula is C12H9ClN4. The second-order valence-electron chi connectivity index (χ2n) is 3.69. The average molecular weight is 245 g/mol. The highest BCUT2D eigenvalue weighted by Gasteiger charge is 2.20. The highest BCUT2D eigenvalue weighted by Crippen LogP contribution is 2.34. The minimum atomic E-state index is -0.183. The van der Waals surface area contributed by atoms with Gasteiger partial charge in [-0.05, 0) is 30.3 Å². The van der Waals surface area contributed by atoms with Crippen molar-refractivity contribution in [1.82, 2.24) is 4.98 Å². The van der Waals surface area contributed by atoms with E-state index in [2.05, 4.69) is 20.5 Å². The Hall–Kier alpha value is -1.94. The van der Waals surface area contributed by atoms with Crippen molar-refractivity contribution < 1.29 is 0 Å². The number of hydrogen-bond donors (Lipinski definition) is 1. The fraction of sp³-hybridized carbons (Fsp3) is 0.0833. The van der Waals surface area contributed by atoms with Crippen LogP contribution < -0.4 is 5.32 Å². The van der Waals surface area contributed by atoms with E-state index < -0.39 is 0 Å². The molecule has 84 valence electrons. The van der Waals surface area contributed by atoms with Gasteiger partial charge >= 0.3 is 0 Å². The van der Waals surface area contributed by atoms with Gasteiger partial charge in [-0.25, -0.2) is 4.98 Å². The van der Waals surface area contributed by atoms with Crippen LogP contribution in [0.5, 0.6) is 0 Å². The Kier molecular flexibility index (Phi) is 2.49. The van der Waals surface area contributed by atoms with Gasteiger partial charge in [-0.1, -0.05) is 17.7 Å². The van der Waals surface area contributed by atoms with Gasteiger partial charge in [0.05, 0.1) is 0 Å². The third-order valence-corrected chi connectivity index (χ3v) is 2.74. The van der Waals surface area contributed by atoms with Crippen molar-refractivity contribution in [1.29, 1.82) is 0 Å². The van der Waals surface area contributed by atoms with Gasteiger partial charge in [0.25, 0.3) is 0 Å². The molecule has 1 atom stereocenters. The number of fused-ring (bicyclic) bond motifs is 1. The maximum absolute atomic E-state index is 5.92. The normalized spacial score (nSPS) is 16.9. The smallest absolute Gasteiger partial charge is 0.181 e. The molecule has 0 saturated heterocycles. The summed E-state index contributed by atoms with van der Waals surface area (Å²) in [6, 6.07) is 11.4. The van der Waals surface area contributed by atoms with Crippen LogP contribution in [0, 0.1) is 0 Å². The third kappa shape index (κ3) is 1.99. The van der Waals surface area contributed by atoms with Gasteiger partial charge in [-0.3, -0.25) is 0 Å². The molecule has 1 aromatic carbocycles. The number of nitrogens with zero attached hydrogens (tertiary/aromatic N) is 3.